The van der Waals surface area contributed by atoms with Crippen LogP contribution >= 0.6 is 0 Å². The van der Waals surface area contributed by atoms with Gasteiger partial charge in [0.05, 0.1) is 12.7 Å². The van der Waals surface area contributed by atoms with Crippen LogP contribution in [0.25, 0.3) is 0 Å². The van der Waals surface area contributed by atoms with Gasteiger partial charge in [-0.1, -0.05) is 60.7 Å². The van der Waals surface area contributed by atoms with Gasteiger partial charge >= 0.3 is 0 Å². The standard InChI is InChI=1S/C22H22O4/c1-4-24-20-15(2)19(23)22(20)25-16(3)21(26-22,17-11-7-5-8-12-17)18-13-9-6-10-14-18/h5-14,16H,4H2,1-3H3/t16-,22?/m1/s1. The smallest absolute Gasteiger partial charge is 0.295 e. The Hall–Kier alpha value is -2.43. The molecule has 4 rings (SSSR count). The summed E-state index contributed by atoms with van der Waals surface area (Å²) in [6.45, 7) is 6.03. The summed E-state index contributed by atoms with van der Waals surface area (Å²) in [6, 6.07) is 19.8. The number of carbonyl (C=O) groups is 1. The zero-order chi connectivity index (χ0) is 18.4. The molecule has 0 bridgehead atoms. The maximum absolute atomic E-state index is 12.8. The lowest BCUT2D eigenvalue weighted by molar-refractivity contribution is -0.201. The molecule has 0 amide bonds. The molecule has 1 unspecified atom stereocenters. The molecule has 1 aliphatic heterocycles. The van der Waals surface area contributed by atoms with Crippen molar-refractivity contribution in [1.29, 1.82) is 0 Å². The van der Waals surface area contributed by atoms with Crippen molar-refractivity contribution in [2.75, 3.05) is 6.61 Å². The summed E-state index contributed by atoms with van der Waals surface area (Å²) < 4.78 is 18.5. The lowest BCUT2D eigenvalue weighted by atomic mass is 9.82. The molecule has 2 aliphatic rings. The highest BCUT2D eigenvalue weighted by Crippen LogP contribution is 2.55. The van der Waals surface area contributed by atoms with Crippen molar-refractivity contribution >= 4 is 5.78 Å². The molecule has 0 aromatic heterocycles. The van der Waals surface area contributed by atoms with E-state index in [0.717, 1.165) is 11.1 Å². The van der Waals surface area contributed by atoms with Crippen LogP contribution in [0.3, 0.4) is 0 Å². The highest BCUT2D eigenvalue weighted by molar-refractivity contribution is 6.10. The highest BCUT2D eigenvalue weighted by Gasteiger charge is 2.68. The first-order valence-corrected chi connectivity index (χ1v) is 8.94. The molecule has 1 heterocycles. The van der Waals surface area contributed by atoms with Crippen LogP contribution in [0.5, 0.6) is 0 Å². The summed E-state index contributed by atoms with van der Waals surface area (Å²) >= 11 is 0. The molecular formula is C22H22O4. The second kappa shape index (κ2) is 6.08. The number of carbonyl (C=O) groups excluding carboxylic acids is 1. The summed E-state index contributed by atoms with van der Waals surface area (Å²) in [5.74, 6) is -1.13. The summed E-state index contributed by atoms with van der Waals surface area (Å²) in [5.41, 5.74) is 1.57. The van der Waals surface area contributed by atoms with Crippen molar-refractivity contribution in [2.45, 2.75) is 38.3 Å². The van der Waals surface area contributed by atoms with Crippen molar-refractivity contribution in [1.82, 2.24) is 0 Å². The predicted octanol–water partition coefficient (Wildman–Crippen LogP) is 3.96. The van der Waals surface area contributed by atoms with E-state index in [2.05, 4.69) is 0 Å². The normalized spacial score (nSPS) is 26.9. The van der Waals surface area contributed by atoms with Crippen LogP contribution in [-0.2, 0) is 24.6 Å². The van der Waals surface area contributed by atoms with Gasteiger partial charge in [-0.15, -0.1) is 0 Å². The topological polar surface area (TPSA) is 44.8 Å². The number of hydrogen-bond acceptors (Lipinski definition) is 4. The average molecular weight is 350 g/mol. The van der Waals surface area contributed by atoms with Crippen LogP contribution in [0.2, 0.25) is 0 Å². The van der Waals surface area contributed by atoms with Crippen LogP contribution in [0.15, 0.2) is 72.0 Å². The third-order valence-electron chi connectivity index (χ3n) is 5.19. The van der Waals surface area contributed by atoms with Gasteiger partial charge in [-0.25, -0.2) is 0 Å². The van der Waals surface area contributed by atoms with E-state index >= 15 is 0 Å². The fourth-order valence-corrected chi connectivity index (χ4v) is 3.98. The second-order valence-electron chi connectivity index (χ2n) is 6.66. The highest BCUT2D eigenvalue weighted by atomic mass is 16.8. The molecule has 4 heteroatoms. The minimum atomic E-state index is -1.45. The Morgan fingerprint density at radius 3 is 2.04 bits per heavy atom. The maximum Gasteiger partial charge on any atom is 0.295 e. The van der Waals surface area contributed by atoms with Crippen LogP contribution in [-0.4, -0.2) is 24.3 Å². The molecule has 0 radical (unpaired) electrons. The van der Waals surface area contributed by atoms with Crippen molar-refractivity contribution in [3.8, 4) is 0 Å². The largest absolute Gasteiger partial charge is 0.492 e. The molecular weight excluding hydrogens is 328 g/mol. The van der Waals surface area contributed by atoms with Crippen LogP contribution in [0, 0.1) is 0 Å². The first kappa shape index (κ1) is 17.0. The number of benzene rings is 2. The van der Waals surface area contributed by atoms with Gasteiger partial charge in [0, 0.05) is 5.57 Å². The minimum absolute atomic E-state index is 0.165. The lowest BCUT2D eigenvalue weighted by Crippen LogP contribution is -2.53. The molecule has 0 N–H and O–H groups in total. The van der Waals surface area contributed by atoms with Gasteiger partial charge < -0.3 is 14.2 Å². The van der Waals surface area contributed by atoms with Gasteiger partial charge in [-0.2, -0.15) is 0 Å². The summed E-state index contributed by atoms with van der Waals surface area (Å²) in [5, 5.41) is 0. The van der Waals surface area contributed by atoms with Crippen molar-refractivity contribution in [3.63, 3.8) is 0 Å². The molecule has 134 valence electrons. The average Bonchev–Trinajstić information content (AvgIpc) is 3.03. The molecule has 26 heavy (non-hydrogen) atoms. The zero-order valence-corrected chi connectivity index (χ0v) is 15.2. The number of ether oxygens (including phenoxy) is 3. The number of rotatable bonds is 4. The van der Waals surface area contributed by atoms with Gasteiger partial charge in [-0.05, 0) is 31.9 Å². The molecule has 2 atom stereocenters. The first-order valence-electron chi connectivity index (χ1n) is 8.94. The molecule has 2 aromatic carbocycles. The Bertz CT molecular complexity index is 817. The van der Waals surface area contributed by atoms with Gasteiger partial charge in [0.2, 0.25) is 5.78 Å². The van der Waals surface area contributed by atoms with Crippen molar-refractivity contribution < 1.29 is 19.0 Å². The SMILES string of the molecule is CCOC1=C(C)C(=O)C12O[C@H](C)C(c1ccccc1)(c1ccccc1)O2. The van der Waals surface area contributed by atoms with Crippen molar-refractivity contribution in [3.05, 3.63) is 83.1 Å². The third kappa shape index (κ3) is 2.12. The van der Waals surface area contributed by atoms with E-state index in [-0.39, 0.29) is 11.9 Å². The fourth-order valence-electron chi connectivity index (χ4n) is 3.98. The Labute approximate surface area is 153 Å². The van der Waals surface area contributed by atoms with Gasteiger partial charge in [0.15, 0.2) is 5.76 Å². The van der Waals surface area contributed by atoms with Gasteiger partial charge in [0.1, 0.15) is 5.60 Å². The van der Waals surface area contributed by atoms with Gasteiger partial charge in [-0.3, -0.25) is 4.79 Å². The Morgan fingerprint density at radius 1 is 1.00 bits per heavy atom. The number of Topliss-reactive ketones (excluding diaryl/α,β-unsaturated/α-hetero) is 1. The van der Waals surface area contributed by atoms with Crippen LogP contribution in [0.4, 0.5) is 0 Å². The maximum atomic E-state index is 12.8. The molecule has 1 spiro atoms. The zero-order valence-electron chi connectivity index (χ0n) is 15.2. The Morgan fingerprint density at radius 2 is 1.54 bits per heavy atom. The fraction of sp³-hybridized carbons (Fsp3) is 0.318. The quantitative estimate of drug-likeness (QED) is 0.837. The van der Waals surface area contributed by atoms with E-state index in [4.69, 9.17) is 14.2 Å². The Balaban J connectivity index is 1.88. The first-order chi connectivity index (χ1) is 12.6. The molecule has 1 aliphatic carbocycles. The third-order valence-corrected chi connectivity index (χ3v) is 5.19. The molecule has 1 saturated heterocycles. The number of hydrogen-bond donors (Lipinski definition) is 0. The summed E-state index contributed by atoms with van der Waals surface area (Å²) in [4.78, 5) is 12.8. The van der Waals surface area contributed by atoms with Crippen LogP contribution < -0.4 is 0 Å². The van der Waals surface area contributed by atoms with E-state index in [1.54, 1.807) is 6.92 Å². The monoisotopic (exact) mass is 350 g/mol. The van der Waals surface area contributed by atoms with E-state index in [0.29, 0.717) is 17.9 Å². The summed E-state index contributed by atoms with van der Waals surface area (Å²) in [7, 11) is 0. The number of ketones is 1. The Kier molecular flexibility index (Phi) is 3.98. The van der Waals surface area contributed by atoms with Crippen molar-refractivity contribution in [2.24, 2.45) is 0 Å². The predicted molar refractivity (Wildman–Crippen MR) is 97.4 cm³/mol. The molecule has 1 fully saturated rings. The molecule has 0 saturated carbocycles. The second-order valence-corrected chi connectivity index (χ2v) is 6.66. The minimum Gasteiger partial charge on any atom is -0.492 e. The van der Waals surface area contributed by atoms with E-state index in [1.165, 1.54) is 0 Å². The van der Waals surface area contributed by atoms with E-state index < -0.39 is 11.4 Å². The molecule has 2 aromatic rings. The van der Waals surface area contributed by atoms with Gasteiger partial charge in [0.25, 0.3) is 5.79 Å². The molecule has 4 nitrogen and oxygen atoms in total. The van der Waals surface area contributed by atoms with Crippen LogP contribution in [0.1, 0.15) is 31.9 Å². The van der Waals surface area contributed by atoms with E-state index in [1.807, 2.05) is 74.5 Å². The van der Waals surface area contributed by atoms with E-state index in [9.17, 15) is 4.79 Å². The lowest BCUT2D eigenvalue weighted by Gasteiger charge is -2.39. The summed E-state index contributed by atoms with van der Waals surface area (Å²) in [6.07, 6.45) is -0.375.